The second-order valence-electron chi connectivity index (χ2n) is 7.35. The molecule has 0 spiro atoms. The molecule has 0 aliphatic heterocycles. The second-order valence-corrected chi connectivity index (χ2v) is 7.35. The third kappa shape index (κ3) is 3.41. The zero-order valence-corrected chi connectivity index (χ0v) is 14.8. The van der Waals surface area contributed by atoms with E-state index in [1.165, 1.54) is 0 Å². The van der Waals surface area contributed by atoms with Crippen LogP contribution in [0.4, 0.5) is 30.6 Å². The summed E-state index contributed by atoms with van der Waals surface area (Å²) in [5, 5.41) is 19.3. The summed E-state index contributed by atoms with van der Waals surface area (Å²) < 4.78 is 41.2. The normalized spacial score (nSPS) is 24.4. The van der Waals surface area contributed by atoms with Gasteiger partial charge < -0.3 is 10.6 Å². The van der Waals surface area contributed by atoms with E-state index in [1.54, 1.807) is 17.8 Å². The highest BCUT2D eigenvalue weighted by molar-refractivity contribution is 5.58. The number of nitrogens with zero attached hydrogens (tertiary/aromatic N) is 5. The van der Waals surface area contributed by atoms with Gasteiger partial charge in [0.25, 0.3) is 0 Å². The molecule has 4 rings (SSSR count). The number of aromatic nitrogens is 4. The fourth-order valence-electron chi connectivity index (χ4n) is 2.91. The van der Waals surface area contributed by atoms with Crippen LogP contribution < -0.4 is 10.6 Å². The number of anilines is 3. The maximum absolute atomic E-state index is 13.2. The highest BCUT2D eigenvalue weighted by atomic mass is 19.4. The second kappa shape index (κ2) is 5.84. The lowest BCUT2D eigenvalue weighted by molar-refractivity contribution is -0.137. The zero-order valence-electron chi connectivity index (χ0n) is 14.8. The van der Waals surface area contributed by atoms with Gasteiger partial charge in [-0.05, 0) is 33.1 Å². The Bertz CT molecular complexity index is 926. The monoisotopic (exact) mass is 377 g/mol. The van der Waals surface area contributed by atoms with E-state index in [2.05, 4.69) is 31.8 Å². The van der Waals surface area contributed by atoms with Gasteiger partial charge >= 0.3 is 6.18 Å². The molecule has 2 aliphatic carbocycles. The first-order valence-electron chi connectivity index (χ1n) is 8.64. The molecular weight excluding hydrogens is 359 g/mol. The smallest absolute Gasteiger partial charge is 0.367 e. The molecule has 2 saturated carbocycles. The molecule has 2 N–H and O–H groups in total. The van der Waals surface area contributed by atoms with Crippen LogP contribution in [0.1, 0.15) is 43.5 Å². The van der Waals surface area contributed by atoms with E-state index < -0.39 is 17.2 Å². The largest absolute Gasteiger partial charge is 0.421 e. The Labute approximate surface area is 153 Å². The van der Waals surface area contributed by atoms with E-state index >= 15 is 0 Å². The predicted molar refractivity (Wildman–Crippen MR) is 91.3 cm³/mol. The zero-order chi connectivity index (χ0) is 19.4. The molecule has 7 nitrogen and oxygen atoms in total. The summed E-state index contributed by atoms with van der Waals surface area (Å²) in [7, 11) is 0. The summed E-state index contributed by atoms with van der Waals surface area (Å²) in [4.78, 5) is 7.84. The first-order valence-corrected chi connectivity index (χ1v) is 8.64. The SMILES string of the molecule is Cc1nn(C2C[C@]2(C)C#N)cc1Nc1ncc(C(F)(F)F)c(NC2CC2)n1. The summed E-state index contributed by atoms with van der Waals surface area (Å²) in [6.07, 6.45) is 0.371. The molecule has 27 heavy (non-hydrogen) atoms. The first kappa shape index (κ1) is 17.6. The summed E-state index contributed by atoms with van der Waals surface area (Å²) in [5.41, 5.74) is -0.0566. The lowest BCUT2D eigenvalue weighted by Crippen LogP contribution is -2.15. The molecule has 1 unspecified atom stereocenters. The standard InChI is InChI=1S/C17H18F3N7/c1-9-12(7-27(26-9)13-5-16(13,2)8-21)24-15-22-6-11(17(18,19)20)14(25-15)23-10-3-4-10/h6-7,10,13H,3-5H2,1-2H3,(H2,22,23,24,25)/t13?,16-/m1/s1. The van der Waals surface area contributed by atoms with Gasteiger partial charge in [-0.3, -0.25) is 4.68 Å². The van der Waals surface area contributed by atoms with Gasteiger partial charge in [-0.25, -0.2) is 4.98 Å². The number of rotatable bonds is 5. The maximum Gasteiger partial charge on any atom is 0.421 e. The van der Waals surface area contributed by atoms with Crippen molar-refractivity contribution >= 4 is 17.5 Å². The number of nitriles is 1. The number of hydrogen-bond acceptors (Lipinski definition) is 6. The maximum atomic E-state index is 13.2. The van der Waals surface area contributed by atoms with E-state index in [-0.39, 0.29) is 23.8 Å². The number of aryl methyl sites for hydroxylation is 1. The van der Waals surface area contributed by atoms with Crippen LogP contribution >= 0.6 is 0 Å². The van der Waals surface area contributed by atoms with Crippen LogP contribution in [-0.4, -0.2) is 25.8 Å². The summed E-state index contributed by atoms with van der Waals surface area (Å²) in [6, 6.07) is 2.30. The fraction of sp³-hybridized carbons (Fsp3) is 0.529. The number of halogens is 3. The van der Waals surface area contributed by atoms with Crippen LogP contribution in [-0.2, 0) is 6.18 Å². The van der Waals surface area contributed by atoms with Crippen LogP contribution in [0.15, 0.2) is 12.4 Å². The Balaban J connectivity index is 1.58. The molecule has 0 radical (unpaired) electrons. The van der Waals surface area contributed by atoms with Crippen molar-refractivity contribution < 1.29 is 13.2 Å². The van der Waals surface area contributed by atoms with Gasteiger partial charge in [0.05, 0.1) is 28.9 Å². The average molecular weight is 377 g/mol. The molecule has 2 aromatic rings. The Morgan fingerprint density at radius 2 is 2.11 bits per heavy atom. The van der Waals surface area contributed by atoms with Crippen molar-refractivity contribution in [3.8, 4) is 6.07 Å². The lowest BCUT2D eigenvalue weighted by atomic mass is 10.2. The van der Waals surface area contributed by atoms with E-state index in [0.717, 1.165) is 25.5 Å². The van der Waals surface area contributed by atoms with Gasteiger partial charge in [-0.2, -0.15) is 28.5 Å². The molecule has 2 fully saturated rings. The molecule has 0 saturated heterocycles. The molecule has 10 heteroatoms. The quantitative estimate of drug-likeness (QED) is 0.824. The molecule has 2 atom stereocenters. The Morgan fingerprint density at radius 1 is 1.37 bits per heavy atom. The van der Waals surface area contributed by atoms with Gasteiger partial charge in [0.15, 0.2) is 0 Å². The van der Waals surface area contributed by atoms with Crippen LogP contribution in [0.5, 0.6) is 0 Å². The van der Waals surface area contributed by atoms with Crippen molar-refractivity contribution in [1.29, 1.82) is 5.26 Å². The van der Waals surface area contributed by atoms with Gasteiger partial charge in [0.1, 0.15) is 11.4 Å². The van der Waals surface area contributed by atoms with Gasteiger partial charge in [-0.1, -0.05) is 0 Å². The van der Waals surface area contributed by atoms with Gasteiger partial charge in [0.2, 0.25) is 5.95 Å². The van der Waals surface area contributed by atoms with Crippen LogP contribution in [0, 0.1) is 23.7 Å². The predicted octanol–water partition coefficient (Wildman–Crippen LogP) is 3.79. The highest BCUT2D eigenvalue weighted by Crippen LogP contribution is 2.55. The summed E-state index contributed by atoms with van der Waals surface area (Å²) in [6.45, 7) is 3.65. The Kier molecular flexibility index (Phi) is 3.80. The number of alkyl halides is 3. The van der Waals surface area contributed by atoms with E-state index in [4.69, 9.17) is 0 Å². The minimum absolute atomic E-state index is 0.00244. The summed E-state index contributed by atoms with van der Waals surface area (Å²) in [5.74, 6) is -0.153. The van der Waals surface area contributed by atoms with Crippen molar-refractivity contribution in [2.45, 2.75) is 51.4 Å². The number of hydrogen-bond donors (Lipinski definition) is 2. The fourth-order valence-corrected chi connectivity index (χ4v) is 2.91. The van der Waals surface area contributed by atoms with E-state index in [0.29, 0.717) is 11.4 Å². The van der Waals surface area contributed by atoms with E-state index in [9.17, 15) is 18.4 Å². The molecule has 0 bridgehead atoms. The van der Waals surface area contributed by atoms with Crippen LogP contribution in [0.25, 0.3) is 0 Å². The van der Waals surface area contributed by atoms with Crippen molar-refractivity contribution in [3.05, 3.63) is 23.7 Å². The van der Waals surface area contributed by atoms with Crippen molar-refractivity contribution in [3.63, 3.8) is 0 Å². The van der Waals surface area contributed by atoms with Crippen molar-refractivity contribution in [2.75, 3.05) is 10.6 Å². The first-order chi connectivity index (χ1) is 12.7. The Morgan fingerprint density at radius 3 is 2.70 bits per heavy atom. The highest BCUT2D eigenvalue weighted by Gasteiger charge is 2.53. The molecule has 142 valence electrons. The molecule has 2 heterocycles. The number of nitrogens with one attached hydrogen (secondary N) is 2. The summed E-state index contributed by atoms with van der Waals surface area (Å²) >= 11 is 0. The molecular formula is C17H18F3N7. The van der Waals surface area contributed by atoms with Crippen LogP contribution in [0.2, 0.25) is 0 Å². The molecule has 0 aromatic carbocycles. The lowest BCUT2D eigenvalue weighted by Gasteiger charge is -2.14. The van der Waals surface area contributed by atoms with Gasteiger partial charge in [0, 0.05) is 18.4 Å². The van der Waals surface area contributed by atoms with Crippen molar-refractivity contribution in [1.82, 2.24) is 19.7 Å². The Hall–Kier alpha value is -2.83. The topological polar surface area (TPSA) is 91.5 Å². The van der Waals surface area contributed by atoms with Gasteiger partial charge in [-0.15, -0.1) is 0 Å². The average Bonchev–Trinajstić information content (AvgIpc) is 3.49. The molecule has 2 aromatic heterocycles. The minimum atomic E-state index is -4.52. The molecule has 0 amide bonds. The van der Waals surface area contributed by atoms with Crippen molar-refractivity contribution in [2.24, 2.45) is 5.41 Å². The third-order valence-corrected chi connectivity index (χ3v) is 4.94. The minimum Gasteiger partial charge on any atom is -0.367 e. The van der Waals surface area contributed by atoms with Crippen LogP contribution in [0.3, 0.4) is 0 Å². The molecule has 2 aliphatic rings. The van der Waals surface area contributed by atoms with E-state index in [1.807, 2.05) is 6.92 Å². The third-order valence-electron chi connectivity index (χ3n) is 4.94.